The van der Waals surface area contributed by atoms with Crippen molar-refractivity contribution in [2.24, 2.45) is 0 Å². The number of benzene rings is 1. The second-order valence-electron chi connectivity index (χ2n) is 4.37. The molecule has 2 heterocycles. The van der Waals surface area contributed by atoms with E-state index in [9.17, 15) is 0 Å². The molecule has 0 bridgehead atoms. The van der Waals surface area contributed by atoms with Gasteiger partial charge >= 0.3 is 0 Å². The molecule has 4 nitrogen and oxygen atoms in total. The Morgan fingerprint density at radius 1 is 0.700 bits per heavy atom. The lowest BCUT2D eigenvalue weighted by atomic mass is 10.1. The third-order valence-electron chi connectivity index (χ3n) is 3.05. The Kier molecular flexibility index (Phi) is 3.37. The maximum Gasteiger partial charge on any atom is 0.213 e. The van der Waals surface area contributed by atoms with Crippen molar-refractivity contribution in [2.45, 2.75) is 13.8 Å². The Bertz CT molecular complexity index is 691. The molecule has 0 spiro atoms. The highest BCUT2D eigenvalue weighted by atomic mass is 16.5. The number of pyridine rings is 2. The average Bonchev–Trinajstić information content (AvgIpc) is 2.48. The number of fused-ring (bicyclic) bond motifs is 3. The van der Waals surface area contributed by atoms with Gasteiger partial charge in [0.2, 0.25) is 11.8 Å². The smallest absolute Gasteiger partial charge is 0.213 e. The molecule has 4 heteroatoms. The quantitative estimate of drug-likeness (QED) is 0.678. The van der Waals surface area contributed by atoms with Crippen LogP contribution in [0.5, 0.6) is 11.8 Å². The van der Waals surface area contributed by atoms with Gasteiger partial charge in [0.1, 0.15) is 11.0 Å². The molecule has 20 heavy (non-hydrogen) atoms. The Morgan fingerprint density at radius 2 is 1.10 bits per heavy atom. The highest BCUT2D eigenvalue weighted by molar-refractivity contribution is 6.03. The molecule has 0 radical (unpaired) electrons. The molecule has 0 saturated carbocycles. The summed E-state index contributed by atoms with van der Waals surface area (Å²) in [7, 11) is 0. The van der Waals surface area contributed by atoms with Gasteiger partial charge in [-0.3, -0.25) is 0 Å². The Labute approximate surface area is 117 Å². The SMILES string of the molecule is CCOc1ccc2ccc3ccc(OCC)nc3c2n1. The minimum absolute atomic E-state index is 0.598. The largest absolute Gasteiger partial charge is 0.478 e. The number of nitrogens with zero attached hydrogens (tertiary/aromatic N) is 2. The lowest BCUT2D eigenvalue weighted by Gasteiger charge is -2.07. The third kappa shape index (κ3) is 2.25. The van der Waals surface area contributed by atoms with E-state index in [0.717, 1.165) is 21.8 Å². The molecule has 102 valence electrons. The lowest BCUT2D eigenvalue weighted by Crippen LogP contribution is -1.97. The van der Waals surface area contributed by atoms with Gasteiger partial charge in [0.05, 0.1) is 13.2 Å². The second kappa shape index (κ2) is 5.33. The van der Waals surface area contributed by atoms with Crippen molar-refractivity contribution in [1.82, 2.24) is 9.97 Å². The summed E-state index contributed by atoms with van der Waals surface area (Å²) >= 11 is 0. The molecule has 0 N–H and O–H groups in total. The van der Waals surface area contributed by atoms with E-state index < -0.39 is 0 Å². The van der Waals surface area contributed by atoms with E-state index in [1.165, 1.54) is 0 Å². The van der Waals surface area contributed by atoms with Gasteiger partial charge in [-0.05, 0) is 26.0 Å². The number of aromatic nitrogens is 2. The molecule has 0 aliphatic carbocycles. The molecule has 0 aliphatic rings. The highest BCUT2D eigenvalue weighted by Gasteiger charge is 2.07. The van der Waals surface area contributed by atoms with E-state index in [1.807, 2.05) is 50.2 Å². The monoisotopic (exact) mass is 268 g/mol. The van der Waals surface area contributed by atoms with Crippen molar-refractivity contribution < 1.29 is 9.47 Å². The highest BCUT2D eigenvalue weighted by Crippen LogP contribution is 2.26. The first kappa shape index (κ1) is 12.7. The van der Waals surface area contributed by atoms with Crippen LogP contribution in [0.1, 0.15) is 13.8 Å². The van der Waals surface area contributed by atoms with Crippen LogP contribution < -0.4 is 9.47 Å². The van der Waals surface area contributed by atoms with Crippen LogP contribution in [-0.4, -0.2) is 23.2 Å². The second-order valence-corrected chi connectivity index (χ2v) is 4.37. The molecule has 0 amide bonds. The fourth-order valence-electron chi connectivity index (χ4n) is 2.19. The zero-order chi connectivity index (χ0) is 13.9. The predicted octanol–water partition coefficient (Wildman–Crippen LogP) is 3.58. The first-order chi connectivity index (χ1) is 9.81. The molecular weight excluding hydrogens is 252 g/mol. The number of hydrogen-bond acceptors (Lipinski definition) is 4. The van der Waals surface area contributed by atoms with Gasteiger partial charge in [0.15, 0.2) is 0 Å². The van der Waals surface area contributed by atoms with Crippen LogP contribution in [0.4, 0.5) is 0 Å². The van der Waals surface area contributed by atoms with Crippen molar-refractivity contribution >= 4 is 21.8 Å². The van der Waals surface area contributed by atoms with Crippen LogP contribution >= 0.6 is 0 Å². The Hall–Kier alpha value is -2.36. The van der Waals surface area contributed by atoms with E-state index in [-0.39, 0.29) is 0 Å². The van der Waals surface area contributed by atoms with Gasteiger partial charge in [0.25, 0.3) is 0 Å². The minimum Gasteiger partial charge on any atom is -0.478 e. The number of ether oxygens (including phenoxy) is 2. The standard InChI is InChI=1S/C16H16N2O2/c1-3-19-13-9-7-11-5-6-12-8-10-14(20-4-2)18-16(12)15(11)17-13/h5-10H,3-4H2,1-2H3. The molecule has 0 fully saturated rings. The van der Waals surface area contributed by atoms with Gasteiger partial charge < -0.3 is 9.47 Å². The van der Waals surface area contributed by atoms with Crippen LogP contribution in [0.3, 0.4) is 0 Å². The van der Waals surface area contributed by atoms with E-state index in [4.69, 9.17) is 9.47 Å². The zero-order valence-corrected chi connectivity index (χ0v) is 11.6. The van der Waals surface area contributed by atoms with Crippen LogP contribution in [-0.2, 0) is 0 Å². The average molecular weight is 268 g/mol. The fourth-order valence-corrected chi connectivity index (χ4v) is 2.19. The molecule has 1 aromatic carbocycles. The van der Waals surface area contributed by atoms with Crippen molar-refractivity contribution in [3.8, 4) is 11.8 Å². The first-order valence-electron chi connectivity index (χ1n) is 6.78. The first-order valence-corrected chi connectivity index (χ1v) is 6.78. The lowest BCUT2D eigenvalue weighted by molar-refractivity contribution is 0.327. The maximum atomic E-state index is 5.47. The fraction of sp³-hybridized carbons (Fsp3) is 0.250. The summed E-state index contributed by atoms with van der Waals surface area (Å²) < 4.78 is 10.9. The molecule has 0 atom stereocenters. The molecule has 3 aromatic rings. The molecule has 0 saturated heterocycles. The maximum absolute atomic E-state index is 5.47. The number of rotatable bonds is 4. The molecule has 3 rings (SSSR count). The normalized spacial score (nSPS) is 10.9. The van der Waals surface area contributed by atoms with Gasteiger partial charge in [-0.15, -0.1) is 0 Å². The van der Waals surface area contributed by atoms with Crippen molar-refractivity contribution in [2.75, 3.05) is 13.2 Å². The summed E-state index contributed by atoms with van der Waals surface area (Å²) in [6, 6.07) is 11.8. The van der Waals surface area contributed by atoms with Crippen molar-refractivity contribution in [3.63, 3.8) is 0 Å². The summed E-state index contributed by atoms with van der Waals surface area (Å²) in [6.45, 7) is 5.09. The van der Waals surface area contributed by atoms with Crippen molar-refractivity contribution in [1.29, 1.82) is 0 Å². The predicted molar refractivity (Wildman–Crippen MR) is 79.4 cm³/mol. The molecule has 0 aliphatic heterocycles. The molecule has 0 unspecified atom stereocenters. The van der Waals surface area contributed by atoms with E-state index >= 15 is 0 Å². The Balaban J connectivity index is 2.24. The zero-order valence-electron chi connectivity index (χ0n) is 11.6. The summed E-state index contributed by atoms with van der Waals surface area (Å²) in [6.07, 6.45) is 0. The molecular formula is C16H16N2O2. The van der Waals surface area contributed by atoms with Gasteiger partial charge in [-0.1, -0.05) is 12.1 Å². The van der Waals surface area contributed by atoms with Crippen LogP contribution in [0.25, 0.3) is 21.8 Å². The van der Waals surface area contributed by atoms with Crippen molar-refractivity contribution in [3.05, 3.63) is 36.4 Å². The van der Waals surface area contributed by atoms with Crippen LogP contribution in [0, 0.1) is 0 Å². The summed E-state index contributed by atoms with van der Waals surface area (Å²) in [5, 5.41) is 2.09. The minimum atomic E-state index is 0.598. The number of hydrogen-bond donors (Lipinski definition) is 0. The summed E-state index contributed by atoms with van der Waals surface area (Å²) in [5.41, 5.74) is 1.69. The summed E-state index contributed by atoms with van der Waals surface area (Å²) in [4.78, 5) is 9.11. The topological polar surface area (TPSA) is 44.2 Å². The Morgan fingerprint density at radius 3 is 1.50 bits per heavy atom. The van der Waals surface area contributed by atoms with Gasteiger partial charge in [-0.2, -0.15) is 0 Å². The van der Waals surface area contributed by atoms with E-state index in [2.05, 4.69) is 9.97 Å². The third-order valence-corrected chi connectivity index (χ3v) is 3.05. The van der Waals surface area contributed by atoms with E-state index in [1.54, 1.807) is 0 Å². The molecule has 2 aromatic heterocycles. The van der Waals surface area contributed by atoms with Crippen LogP contribution in [0.15, 0.2) is 36.4 Å². The van der Waals surface area contributed by atoms with Crippen LogP contribution in [0.2, 0.25) is 0 Å². The van der Waals surface area contributed by atoms with Gasteiger partial charge in [-0.25, -0.2) is 9.97 Å². The van der Waals surface area contributed by atoms with Gasteiger partial charge in [0, 0.05) is 22.9 Å². The summed E-state index contributed by atoms with van der Waals surface area (Å²) in [5.74, 6) is 1.24. The van der Waals surface area contributed by atoms with E-state index in [0.29, 0.717) is 25.0 Å².